The van der Waals surface area contributed by atoms with Gasteiger partial charge in [0.1, 0.15) is 0 Å². The zero-order valence-electron chi connectivity index (χ0n) is 10.5. The van der Waals surface area contributed by atoms with Crippen LogP contribution in [0, 0.1) is 0 Å². The molecule has 0 radical (unpaired) electrons. The van der Waals surface area contributed by atoms with Crippen molar-refractivity contribution in [3.05, 3.63) is 33.1 Å². The van der Waals surface area contributed by atoms with Crippen LogP contribution in [0.1, 0.15) is 19.6 Å². The molecule has 0 aliphatic carbocycles. The van der Waals surface area contributed by atoms with Crippen LogP contribution in [-0.4, -0.2) is 41.1 Å². The standard InChI is InChI=1S/C11H18N2O5/c1-3-8(6-14)18-10(7-17-2)13-5-4-9(15)12-11(13)16/h4-5,8,10,14H,3,6-7H2,1-2H3,(H,12,15,16)/t8-,10-/m1/s1. The van der Waals surface area contributed by atoms with Crippen LogP contribution in [0.5, 0.6) is 0 Å². The number of rotatable bonds is 7. The molecule has 102 valence electrons. The lowest BCUT2D eigenvalue weighted by Crippen LogP contribution is -2.36. The van der Waals surface area contributed by atoms with Gasteiger partial charge in [-0.05, 0) is 6.42 Å². The third kappa shape index (κ3) is 3.80. The number of ether oxygens (including phenoxy) is 2. The molecule has 0 spiro atoms. The first-order chi connectivity index (χ1) is 8.62. The maximum atomic E-state index is 11.6. The predicted octanol–water partition coefficient (Wildman–Crippen LogP) is -0.531. The van der Waals surface area contributed by atoms with Crippen molar-refractivity contribution in [3.63, 3.8) is 0 Å². The second-order valence-electron chi connectivity index (χ2n) is 3.78. The number of aliphatic hydroxyl groups is 1. The average Bonchev–Trinajstić information content (AvgIpc) is 2.35. The van der Waals surface area contributed by atoms with Crippen LogP contribution in [0.2, 0.25) is 0 Å². The summed E-state index contributed by atoms with van der Waals surface area (Å²) >= 11 is 0. The van der Waals surface area contributed by atoms with Crippen LogP contribution in [-0.2, 0) is 9.47 Å². The summed E-state index contributed by atoms with van der Waals surface area (Å²) in [6.07, 6.45) is 0.879. The molecule has 0 saturated heterocycles. The Kier molecular flexibility index (Phi) is 5.76. The highest BCUT2D eigenvalue weighted by atomic mass is 16.6. The van der Waals surface area contributed by atoms with Crippen LogP contribution < -0.4 is 11.2 Å². The molecule has 0 bridgehead atoms. The molecule has 2 N–H and O–H groups in total. The Bertz CT molecular complexity index is 463. The predicted molar refractivity (Wildman–Crippen MR) is 64.5 cm³/mol. The van der Waals surface area contributed by atoms with Crippen molar-refractivity contribution in [2.75, 3.05) is 20.3 Å². The summed E-state index contributed by atoms with van der Waals surface area (Å²) in [6, 6.07) is 1.23. The second-order valence-corrected chi connectivity index (χ2v) is 3.78. The molecule has 1 aromatic heterocycles. The third-order valence-corrected chi connectivity index (χ3v) is 2.48. The number of nitrogens with one attached hydrogen (secondary N) is 1. The number of aromatic amines is 1. The van der Waals surface area contributed by atoms with Gasteiger partial charge in [0, 0.05) is 19.4 Å². The number of aliphatic hydroxyl groups excluding tert-OH is 1. The first-order valence-corrected chi connectivity index (χ1v) is 5.69. The van der Waals surface area contributed by atoms with Gasteiger partial charge in [0.25, 0.3) is 5.56 Å². The van der Waals surface area contributed by atoms with E-state index in [1.165, 1.54) is 23.9 Å². The van der Waals surface area contributed by atoms with Crippen LogP contribution in [0.15, 0.2) is 21.9 Å². The van der Waals surface area contributed by atoms with E-state index in [-0.39, 0.29) is 19.3 Å². The smallest absolute Gasteiger partial charge is 0.330 e. The zero-order valence-corrected chi connectivity index (χ0v) is 10.5. The fourth-order valence-electron chi connectivity index (χ4n) is 1.47. The molecule has 0 saturated carbocycles. The fraction of sp³-hybridized carbons (Fsp3) is 0.636. The molecule has 7 nitrogen and oxygen atoms in total. The van der Waals surface area contributed by atoms with E-state index in [2.05, 4.69) is 4.98 Å². The molecule has 1 heterocycles. The summed E-state index contributed by atoms with van der Waals surface area (Å²) in [4.78, 5) is 24.7. The lowest BCUT2D eigenvalue weighted by Gasteiger charge is -2.23. The number of hydrogen-bond donors (Lipinski definition) is 2. The molecule has 0 aromatic carbocycles. The Hall–Kier alpha value is -1.44. The fourth-order valence-corrected chi connectivity index (χ4v) is 1.47. The average molecular weight is 258 g/mol. The Morgan fingerprint density at radius 3 is 2.72 bits per heavy atom. The Morgan fingerprint density at radius 2 is 2.22 bits per heavy atom. The lowest BCUT2D eigenvalue weighted by molar-refractivity contribution is -0.105. The monoisotopic (exact) mass is 258 g/mol. The SMILES string of the molecule is CC[C@H](CO)O[C@H](COC)n1ccc(=O)[nH]c1=O. The molecule has 0 fully saturated rings. The minimum Gasteiger partial charge on any atom is -0.394 e. The van der Waals surface area contributed by atoms with Gasteiger partial charge in [0.15, 0.2) is 6.23 Å². The van der Waals surface area contributed by atoms with E-state index in [1.807, 2.05) is 6.92 Å². The van der Waals surface area contributed by atoms with E-state index < -0.39 is 17.5 Å². The van der Waals surface area contributed by atoms with Gasteiger partial charge in [-0.25, -0.2) is 4.79 Å². The lowest BCUT2D eigenvalue weighted by atomic mass is 10.3. The first kappa shape index (κ1) is 14.6. The van der Waals surface area contributed by atoms with E-state index in [1.54, 1.807) is 0 Å². The van der Waals surface area contributed by atoms with Crippen LogP contribution in [0.4, 0.5) is 0 Å². The largest absolute Gasteiger partial charge is 0.394 e. The quantitative estimate of drug-likeness (QED) is 0.685. The molecular formula is C11H18N2O5. The highest BCUT2D eigenvalue weighted by Crippen LogP contribution is 2.11. The topological polar surface area (TPSA) is 93.5 Å². The van der Waals surface area contributed by atoms with E-state index in [9.17, 15) is 9.59 Å². The van der Waals surface area contributed by atoms with Gasteiger partial charge in [-0.3, -0.25) is 14.3 Å². The van der Waals surface area contributed by atoms with Gasteiger partial charge < -0.3 is 14.6 Å². The van der Waals surface area contributed by atoms with Crippen molar-refractivity contribution >= 4 is 0 Å². The number of H-pyrrole nitrogens is 1. The van der Waals surface area contributed by atoms with Gasteiger partial charge in [-0.15, -0.1) is 0 Å². The highest BCUT2D eigenvalue weighted by molar-refractivity contribution is 4.84. The molecule has 1 rings (SSSR count). The second kappa shape index (κ2) is 7.10. The van der Waals surface area contributed by atoms with Gasteiger partial charge in [0.2, 0.25) is 0 Å². The summed E-state index contributed by atoms with van der Waals surface area (Å²) in [7, 11) is 1.48. The van der Waals surface area contributed by atoms with E-state index in [0.717, 1.165) is 0 Å². The van der Waals surface area contributed by atoms with Crippen LogP contribution in [0.3, 0.4) is 0 Å². The zero-order chi connectivity index (χ0) is 13.5. The molecule has 0 aliphatic rings. The highest BCUT2D eigenvalue weighted by Gasteiger charge is 2.17. The molecule has 0 amide bonds. The Balaban J connectivity index is 2.96. The summed E-state index contributed by atoms with van der Waals surface area (Å²) < 4.78 is 11.8. The Labute approximate surface area is 104 Å². The van der Waals surface area contributed by atoms with E-state index >= 15 is 0 Å². The molecule has 0 aliphatic heterocycles. The maximum Gasteiger partial charge on any atom is 0.330 e. The Morgan fingerprint density at radius 1 is 1.50 bits per heavy atom. The number of methoxy groups -OCH3 is 1. The number of aromatic nitrogens is 2. The molecule has 1 aromatic rings. The number of nitrogens with zero attached hydrogens (tertiary/aromatic N) is 1. The maximum absolute atomic E-state index is 11.6. The summed E-state index contributed by atoms with van der Waals surface area (Å²) in [5.41, 5.74) is -1.04. The molecule has 7 heteroatoms. The molecule has 2 atom stereocenters. The third-order valence-electron chi connectivity index (χ3n) is 2.48. The van der Waals surface area contributed by atoms with Gasteiger partial charge in [-0.2, -0.15) is 0 Å². The number of hydrogen-bond acceptors (Lipinski definition) is 5. The van der Waals surface area contributed by atoms with Crippen molar-refractivity contribution in [1.82, 2.24) is 9.55 Å². The van der Waals surface area contributed by atoms with Crippen molar-refractivity contribution in [3.8, 4) is 0 Å². The summed E-state index contributed by atoms with van der Waals surface area (Å²) in [5.74, 6) is 0. The molecule has 0 unspecified atom stereocenters. The van der Waals surface area contributed by atoms with Crippen molar-refractivity contribution in [2.24, 2.45) is 0 Å². The van der Waals surface area contributed by atoms with Crippen molar-refractivity contribution in [1.29, 1.82) is 0 Å². The van der Waals surface area contributed by atoms with Crippen molar-refractivity contribution < 1.29 is 14.6 Å². The van der Waals surface area contributed by atoms with Gasteiger partial charge >= 0.3 is 5.69 Å². The summed E-state index contributed by atoms with van der Waals surface area (Å²) in [5, 5.41) is 9.09. The molecule has 18 heavy (non-hydrogen) atoms. The molecular weight excluding hydrogens is 240 g/mol. The van der Waals surface area contributed by atoms with E-state index in [0.29, 0.717) is 6.42 Å². The van der Waals surface area contributed by atoms with Gasteiger partial charge in [-0.1, -0.05) is 6.92 Å². The summed E-state index contributed by atoms with van der Waals surface area (Å²) in [6.45, 7) is 1.86. The first-order valence-electron chi connectivity index (χ1n) is 5.69. The van der Waals surface area contributed by atoms with Crippen LogP contribution >= 0.6 is 0 Å². The van der Waals surface area contributed by atoms with E-state index in [4.69, 9.17) is 14.6 Å². The van der Waals surface area contributed by atoms with Crippen molar-refractivity contribution in [2.45, 2.75) is 25.7 Å². The van der Waals surface area contributed by atoms with Gasteiger partial charge in [0.05, 0.1) is 19.3 Å². The minimum atomic E-state index is -0.684. The minimum absolute atomic E-state index is 0.141. The van der Waals surface area contributed by atoms with Crippen LogP contribution in [0.25, 0.3) is 0 Å². The normalized spacial score (nSPS) is 14.4.